The Morgan fingerprint density at radius 3 is 2.96 bits per heavy atom. The van der Waals surface area contributed by atoms with E-state index in [0.29, 0.717) is 11.6 Å². The summed E-state index contributed by atoms with van der Waals surface area (Å²) in [6.45, 7) is 1.49. The zero-order chi connectivity index (χ0) is 16.7. The largest absolute Gasteiger partial charge is 0.380 e. The molecule has 4 heterocycles. The molecule has 0 unspecified atom stereocenters. The number of aryl methyl sites for hydroxylation is 1. The van der Waals surface area contributed by atoms with Crippen LogP contribution < -0.4 is 0 Å². The molecule has 3 aromatic rings. The van der Waals surface area contributed by atoms with E-state index in [1.165, 1.54) is 0 Å². The predicted molar refractivity (Wildman–Crippen MR) is 87.6 cm³/mol. The van der Waals surface area contributed by atoms with Gasteiger partial charge in [0, 0.05) is 39.6 Å². The second-order valence-corrected chi connectivity index (χ2v) is 6.37. The van der Waals surface area contributed by atoms with Gasteiger partial charge in [-0.15, -0.1) is 10.2 Å². The molecule has 2 atom stereocenters. The second-order valence-electron chi connectivity index (χ2n) is 5.96. The summed E-state index contributed by atoms with van der Waals surface area (Å²) in [4.78, 5) is 6.41. The number of aromatic nitrogens is 6. The molecule has 4 rings (SSSR count). The second kappa shape index (κ2) is 6.12. The van der Waals surface area contributed by atoms with Gasteiger partial charge in [-0.2, -0.15) is 5.10 Å². The summed E-state index contributed by atoms with van der Waals surface area (Å²) >= 11 is 6.28. The van der Waals surface area contributed by atoms with E-state index in [2.05, 4.69) is 25.2 Å². The Bertz CT molecular complexity index is 841. The Balaban J connectivity index is 1.69. The van der Waals surface area contributed by atoms with E-state index in [1.54, 1.807) is 25.7 Å². The smallest absolute Gasteiger partial charge is 0.179 e. The van der Waals surface area contributed by atoms with Crippen molar-refractivity contribution in [3.8, 4) is 0 Å². The molecule has 0 radical (unpaired) electrons. The Morgan fingerprint density at radius 1 is 1.33 bits per heavy atom. The van der Waals surface area contributed by atoms with Crippen molar-refractivity contribution < 1.29 is 4.74 Å². The van der Waals surface area contributed by atoms with Crippen LogP contribution in [0.1, 0.15) is 24.0 Å². The molecule has 8 nitrogen and oxygen atoms in total. The van der Waals surface area contributed by atoms with Crippen LogP contribution in [-0.2, 0) is 18.3 Å². The minimum absolute atomic E-state index is 0.0957. The summed E-state index contributed by atoms with van der Waals surface area (Å²) in [6, 6.07) is 0.0957. The first kappa shape index (κ1) is 15.5. The minimum atomic E-state index is 0.0957. The van der Waals surface area contributed by atoms with Crippen molar-refractivity contribution >= 4 is 17.2 Å². The van der Waals surface area contributed by atoms with Crippen LogP contribution in [0.2, 0.25) is 5.02 Å². The maximum absolute atomic E-state index is 6.28. The van der Waals surface area contributed by atoms with Crippen molar-refractivity contribution in [3.63, 3.8) is 0 Å². The van der Waals surface area contributed by atoms with Crippen LogP contribution in [0.15, 0.2) is 24.8 Å². The maximum atomic E-state index is 6.28. The summed E-state index contributed by atoms with van der Waals surface area (Å²) in [5.74, 6) is 0.894. The normalized spacial score (nSPS) is 21.8. The lowest BCUT2D eigenvalue weighted by Gasteiger charge is -2.23. The fourth-order valence-corrected chi connectivity index (χ4v) is 3.51. The van der Waals surface area contributed by atoms with Crippen LogP contribution in [0.4, 0.5) is 0 Å². The lowest BCUT2D eigenvalue weighted by molar-refractivity contribution is 0.107. The lowest BCUT2D eigenvalue weighted by atomic mass is 10.2. The average Bonchev–Trinajstić information content (AvgIpc) is 3.27. The van der Waals surface area contributed by atoms with Gasteiger partial charge in [0.25, 0.3) is 0 Å². The first-order valence-corrected chi connectivity index (χ1v) is 8.13. The molecule has 0 saturated carbocycles. The third kappa shape index (κ3) is 2.56. The van der Waals surface area contributed by atoms with Gasteiger partial charge < -0.3 is 4.74 Å². The molecule has 0 N–H and O–H groups in total. The number of halogens is 1. The van der Waals surface area contributed by atoms with E-state index in [1.807, 2.05) is 22.3 Å². The van der Waals surface area contributed by atoms with Gasteiger partial charge in [-0.25, -0.2) is 0 Å². The number of likely N-dealkylation sites (tertiary alicyclic amines) is 1. The van der Waals surface area contributed by atoms with E-state index in [0.717, 1.165) is 30.1 Å². The topological polar surface area (TPSA) is 73.4 Å². The zero-order valence-electron chi connectivity index (χ0n) is 13.5. The fraction of sp³-hybridized carbons (Fsp3) is 0.467. The number of hydrogen-bond acceptors (Lipinski definition) is 6. The fourth-order valence-electron chi connectivity index (χ4n) is 3.28. The average molecular weight is 348 g/mol. The van der Waals surface area contributed by atoms with Crippen LogP contribution in [0.3, 0.4) is 0 Å². The highest BCUT2D eigenvalue weighted by Crippen LogP contribution is 2.34. The molecule has 1 aliphatic rings. The third-order valence-corrected chi connectivity index (χ3v) is 4.92. The molecule has 0 amide bonds. The molecule has 24 heavy (non-hydrogen) atoms. The molecule has 1 aliphatic heterocycles. The minimum Gasteiger partial charge on any atom is -0.380 e. The van der Waals surface area contributed by atoms with Crippen LogP contribution in [0.5, 0.6) is 0 Å². The number of methoxy groups -OCH3 is 1. The van der Waals surface area contributed by atoms with Crippen LogP contribution in [0.25, 0.3) is 5.65 Å². The molecule has 9 heteroatoms. The summed E-state index contributed by atoms with van der Waals surface area (Å²) < 4.78 is 9.39. The van der Waals surface area contributed by atoms with E-state index in [4.69, 9.17) is 16.3 Å². The monoisotopic (exact) mass is 347 g/mol. The molecule has 0 aromatic carbocycles. The molecule has 1 fully saturated rings. The first-order chi connectivity index (χ1) is 11.7. The molecule has 0 aliphatic carbocycles. The number of nitrogens with zero attached hydrogens (tertiary/aromatic N) is 7. The molecule has 126 valence electrons. The summed E-state index contributed by atoms with van der Waals surface area (Å²) in [6.07, 6.45) is 8.02. The Hall–Kier alpha value is -2.03. The van der Waals surface area contributed by atoms with E-state index in [-0.39, 0.29) is 12.1 Å². The third-order valence-electron chi connectivity index (χ3n) is 4.60. The van der Waals surface area contributed by atoms with Crippen molar-refractivity contribution in [1.29, 1.82) is 0 Å². The molecule has 3 aromatic heterocycles. The highest BCUT2D eigenvalue weighted by Gasteiger charge is 2.36. The molecular formula is C15H18ClN7O. The number of ether oxygens (including phenoxy) is 1. The van der Waals surface area contributed by atoms with Crippen LogP contribution >= 0.6 is 11.6 Å². The van der Waals surface area contributed by atoms with Gasteiger partial charge in [0.1, 0.15) is 0 Å². The van der Waals surface area contributed by atoms with Gasteiger partial charge in [-0.1, -0.05) is 11.6 Å². The van der Waals surface area contributed by atoms with Gasteiger partial charge in [0.2, 0.25) is 0 Å². The summed E-state index contributed by atoms with van der Waals surface area (Å²) in [7, 11) is 3.65. The standard InChI is InChI=1S/C15H18ClN7O/c1-21-13(11(16)6-18-21)9-22-8-10(24-2)5-12(22)15-20-19-14-7-17-3-4-23(14)15/h3-4,6-7,10,12H,5,8-9H2,1-2H3/t10-,12+/m1/s1. The first-order valence-electron chi connectivity index (χ1n) is 7.75. The number of rotatable bonds is 4. The van der Waals surface area contributed by atoms with Crippen molar-refractivity contribution in [3.05, 3.63) is 41.3 Å². The zero-order valence-corrected chi connectivity index (χ0v) is 14.3. The van der Waals surface area contributed by atoms with E-state index >= 15 is 0 Å². The summed E-state index contributed by atoms with van der Waals surface area (Å²) in [5, 5.41) is 13.5. The van der Waals surface area contributed by atoms with E-state index < -0.39 is 0 Å². The van der Waals surface area contributed by atoms with Crippen molar-refractivity contribution in [2.24, 2.45) is 7.05 Å². The SMILES string of the molecule is CO[C@@H]1C[C@@H](c2nnc3cnccn23)N(Cc2c(Cl)cnn2C)C1. The van der Waals surface area contributed by atoms with Crippen molar-refractivity contribution in [2.75, 3.05) is 13.7 Å². The number of fused-ring (bicyclic) bond motifs is 1. The van der Waals surface area contributed by atoms with Crippen LogP contribution in [0, 0.1) is 0 Å². The van der Waals surface area contributed by atoms with Gasteiger partial charge in [0.05, 0.1) is 35.3 Å². The molecule has 1 saturated heterocycles. The molecule has 0 spiro atoms. The number of hydrogen-bond donors (Lipinski definition) is 0. The quantitative estimate of drug-likeness (QED) is 0.711. The Morgan fingerprint density at radius 2 is 2.21 bits per heavy atom. The van der Waals surface area contributed by atoms with Gasteiger partial charge in [-0.3, -0.25) is 19.0 Å². The maximum Gasteiger partial charge on any atom is 0.179 e. The lowest BCUT2D eigenvalue weighted by Crippen LogP contribution is -2.27. The van der Waals surface area contributed by atoms with Gasteiger partial charge in [-0.05, 0) is 6.42 Å². The van der Waals surface area contributed by atoms with Gasteiger partial charge in [0.15, 0.2) is 11.5 Å². The van der Waals surface area contributed by atoms with Crippen molar-refractivity contribution in [2.45, 2.75) is 25.1 Å². The highest BCUT2D eigenvalue weighted by molar-refractivity contribution is 6.31. The predicted octanol–water partition coefficient (Wildman–Crippen LogP) is 1.47. The van der Waals surface area contributed by atoms with Crippen LogP contribution in [-0.4, -0.2) is 54.0 Å². The summed E-state index contributed by atoms with van der Waals surface area (Å²) in [5.41, 5.74) is 1.72. The van der Waals surface area contributed by atoms with Gasteiger partial charge >= 0.3 is 0 Å². The Labute approximate surface area is 144 Å². The Kier molecular flexibility index (Phi) is 3.95. The highest BCUT2D eigenvalue weighted by atomic mass is 35.5. The molecular weight excluding hydrogens is 330 g/mol. The molecule has 0 bridgehead atoms. The van der Waals surface area contributed by atoms with Crippen molar-refractivity contribution in [1.82, 2.24) is 34.3 Å². The van der Waals surface area contributed by atoms with E-state index in [9.17, 15) is 0 Å².